The Hall–Kier alpha value is -0.830. The Morgan fingerprint density at radius 1 is 1.83 bits per heavy atom. The second kappa shape index (κ2) is 3.72. The molecule has 0 amide bonds. The molecule has 12 heavy (non-hydrogen) atoms. The summed E-state index contributed by atoms with van der Waals surface area (Å²) >= 11 is 0. The van der Waals surface area contributed by atoms with Crippen molar-refractivity contribution >= 4 is 5.97 Å². The third-order valence-electron chi connectivity index (χ3n) is 2.14. The zero-order valence-corrected chi connectivity index (χ0v) is 7.41. The molecule has 0 aromatic heterocycles. The highest BCUT2D eigenvalue weighted by Gasteiger charge is 2.25. The van der Waals surface area contributed by atoms with Crippen LogP contribution in [0.25, 0.3) is 0 Å². The number of ether oxygens (including phenoxy) is 1. The van der Waals surface area contributed by atoms with Crippen molar-refractivity contribution in [1.82, 2.24) is 0 Å². The monoisotopic (exact) mass is 170 g/mol. The smallest absolute Gasteiger partial charge is 0.333 e. The van der Waals surface area contributed by atoms with E-state index in [4.69, 9.17) is 9.84 Å². The summed E-state index contributed by atoms with van der Waals surface area (Å²) in [5, 5.41) is 8.68. The molecule has 3 heteroatoms. The molecular weight excluding hydrogens is 156 g/mol. The van der Waals surface area contributed by atoms with Crippen LogP contribution in [0, 0.1) is 0 Å². The number of hydrogen-bond acceptors (Lipinski definition) is 2. The largest absolute Gasteiger partial charge is 0.479 e. The normalized spacial score (nSPS) is 29.7. The average molecular weight is 170 g/mol. The Bertz CT molecular complexity index is 208. The SMILES string of the molecule is CC[C@H]1O[C@@H](C(=O)O)CC=C1C. The Morgan fingerprint density at radius 3 is 3.00 bits per heavy atom. The zero-order chi connectivity index (χ0) is 9.14. The highest BCUT2D eigenvalue weighted by Crippen LogP contribution is 2.21. The van der Waals surface area contributed by atoms with Crippen molar-refractivity contribution in [2.45, 2.75) is 38.9 Å². The molecule has 0 bridgehead atoms. The van der Waals surface area contributed by atoms with Gasteiger partial charge in [-0.2, -0.15) is 0 Å². The summed E-state index contributed by atoms with van der Waals surface area (Å²) in [4.78, 5) is 10.6. The standard InChI is InChI=1S/C9H14O3/c1-3-7-6(2)4-5-8(12-7)9(10)11/h4,7-8H,3,5H2,1-2H3,(H,10,11)/t7-,8-/m1/s1. The average Bonchev–Trinajstić information content (AvgIpc) is 2.05. The zero-order valence-electron chi connectivity index (χ0n) is 7.41. The van der Waals surface area contributed by atoms with Gasteiger partial charge in [0.1, 0.15) is 0 Å². The van der Waals surface area contributed by atoms with Crippen LogP contribution in [0.2, 0.25) is 0 Å². The minimum absolute atomic E-state index is 0.000139. The first-order valence-corrected chi connectivity index (χ1v) is 4.20. The molecule has 0 radical (unpaired) electrons. The van der Waals surface area contributed by atoms with E-state index in [-0.39, 0.29) is 6.10 Å². The van der Waals surface area contributed by atoms with Gasteiger partial charge in [-0.1, -0.05) is 13.0 Å². The van der Waals surface area contributed by atoms with Crippen LogP contribution in [0.15, 0.2) is 11.6 Å². The van der Waals surface area contributed by atoms with Gasteiger partial charge in [-0.15, -0.1) is 0 Å². The van der Waals surface area contributed by atoms with Crippen LogP contribution in [0.3, 0.4) is 0 Å². The van der Waals surface area contributed by atoms with E-state index in [1.54, 1.807) is 0 Å². The number of rotatable bonds is 2. The maximum absolute atomic E-state index is 10.6. The predicted octanol–water partition coefficient (Wildman–Crippen LogP) is 1.58. The van der Waals surface area contributed by atoms with Gasteiger partial charge in [-0.05, 0) is 18.9 Å². The molecule has 3 nitrogen and oxygen atoms in total. The van der Waals surface area contributed by atoms with Gasteiger partial charge in [-0.25, -0.2) is 4.79 Å². The van der Waals surface area contributed by atoms with E-state index in [0.29, 0.717) is 6.42 Å². The lowest BCUT2D eigenvalue weighted by Crippen LogP contribution is -2.32. The number of carboxylic acid groups (broad SMARTS) is 1. The molecule has 1 rings (SSSR count). The second-order valence-corrected chi connectivity index (χ2v) is 3.04. The fourth-order valence-corrected chi connectivity index (χ4v) is 1.36. The van der Waals surface area contributed by atoms with Crippen molar-refractivity contribution < 1.29 is 14.6 Å². The van der Waals surface area contributed by atoms with Gasteiger partial charge in [0.05, 0.1) is 6.10 Å². The van der Waals surface area contributed by atoms with Crippen LogP contribution in [0.4, 0.5) is 0 Å². The van der Waals surface area contributed by atoms with Crippen molar-refractivity contribution in [2.75, 3.05) is 0 Å². The number of hydrogen-bond donors (Lipinski definition) is 1. The minimum atomic E-state index is -0.864. The second-order valence-electron chi connectivity index (χ2n) is 3.04. The highest BCUT2D eigenvalue weighted by atomic mass is 16.5. The van der Waals surface area contributed by atoms with Gasteiger partial charge >= 0.3 is 5.97 Å². The maximum atomic E-state index is 10.6. The molecule has 0 spiro atoms. The Balaban J connectivity index is 2.64. The molecule has 0 fully saturated rings. The first kappa shape index (κ1) is 9.26. The summed E-state index contributed by atoms with van der Waals surface area (Å²) in [6.45, 7) is 3.97. The van der Waals surface area contributed by atoms with Crippen molar-refractivity contribution in [2.24, 2.45) is 0 Å². The van der Waals surface area contributed by atoms with Gasteiger partial charge in [0.15, 0.2) is 6.10 Å². The minimum Gasteiger partial charge on any atom is -0.479 e. The Labute approximate surface area is 72.0 Å². The van der Waals surface area contributed by atoms with E-state index in [2.05, 4.69) is 0 Å². The van der Waals surface area contributed by atoms with Crippen molar-refractivity contribution in [3.63, 3.8) is 0 Å². The van der Waals surface area contributed by atoms with E-state index < -0.39 is 12.1 Å². The van der Waals surface area contributed by atoms with Gasteiger partial charge in [0.2, 0.25) is 0 Å². The third kappa shape index (κ3) is 1.85. The van der Waals surface area contributed by atoms with E-state index in [0.717, 1.165) is 12.0 Å². The summed E-state index contributed by atoms with van der Waals surface area (Å²) in [6, 6.07) is 0. The highest BCUT2D eigenvalue weighted by molar-refractivity contribution is 5.72. The maximum Gasteiger partial charge on any atom is 0.333 e. The van der Waals surface area contributed by atoms with Crippen LogP contribution in [0.5, 0.6) is 0 Å². The van der Waals surface area contributed by atoms with E-state index in [1.807, 2.05) is 19.9 Å². The lowest BCUT2D eigenvalue weighted by molar-refractivity contribution is -0.153. The van der Waals surface area contributed by atoms with Crippen LogP contribution >= 0.6 is 0 Å². The topological polar surface area (TPSA) is 46.5 Å². The lowest BCUT2D eigenvalue weighted by atomic mass is 10.0. The van der Waals surface area contributed by atoms with Gasteiger partial charge in [0, 0.05) is 6.42 Å². The molecule has 1 aliphatic heterocycles. The van der Waals surface area contributed by atoms with Crippen LogP contribution in [0.1, 0.15) is 26.7 Å². The van der Waals surface area contributed by atoms with Crippen molar-refractivity contribution in [1.29, 1.82) is 0 Å². The van der Waals surface area contributed by atoms with Crippen LogP contribution in [-0.4, -0.2) is 23.3 Å². The van der Waals surface area contributed by atoms with Gasteiger partial charge in [-0.3, -0.25) is 0 Å². The molecule has 0 aromatic rings. The van der Waals surface area contributed by atoms with E-state index >= 15 is 0 Å². The summed E-state index contributed by atoms with van der Waals surface area (Å²) in [5.74, 6) is -0.864. The molecule has 1 aliphatic rings. The summed E-state index contributed by atoms with van der Waals surface area (Å²) in [7, 11) is 0. The predicted molar refractivity (Wildman–Crippen MR) is 45.0 cm³/mol. The van der Waals surface area contributed by atoms with Gasteiger partial charge in [0.25, 0.3) is 0 Å². The fraction of sp³-hybridized carbons (Fsp3) is 0.667. The Kier molecular flexibility index (Phi) is 2.87. The molecule has 0 saturated heterocycles. The summed E-state index contributed by atoms with van der Waals surface area (Å²) in [5.41, 5.74) is 1.15. The van der Waals surface area contributed by atoms with Crippen molar-refractivity contribution in [3.05, 3.63) is 11.6 Å². The molecule has 0 saturated carbocycles. The number of aliphatic carboxylic acids is 1. The van der Waals surface area contributed by atoms with Crippen molar-refractivity contribution in [3.8, 4) is 0 Å². The molecule has 2 atom stereocenters. The molecule has 0 aliphatic carbocycles. The van der Waals surface area contributed by atoms with Crippen LogP contribution in [-0.2, 0) is 9.53 Å². The molecular formula is C9H14O3. The molecule has 1 N–H and O–H groups in total. The Morgan fingerprint density at radius 2 is 2.50 bits per heavy atom. The van der Waals surface area contributed by atoms with Crippen LogP contribution < -0.4 is 0 Å². The first-order chi connectivity index (χ1) is 5.65. The third-order valence-corrected chi connectivity index (χ3v) is 2.14. The molecule has 0 unspecified atom stereocenters. The fourth-order valence-electron chi connectivity index (χ4n) is 1.36. The number of carboxylic acids is 1. The van der Waals surface area contributed by atoms with E-state index in [1.165, 1.54) is 0 Å². The first-order valence-electron chi connectivity index (χ1n) is 4.20. The van der Waals surface area contributed by atoms with Gasteiger partial charge < -0.3 is 9.84 Å². The molecule has 1 heterocycles. The quantitative estimate of drug-likeness (QED) is 0.640. The molecule has 68 valence electrons. The summed E-state index contributed by atoms with van der Waals surface area (Å²) in [6.07, 6.45) is 2.65. The lowest BCUT2D eigenvalue weighted by Gasteiger charge is -2.26. The molecule has 0 aromatic carbocycles. The van der Waals surface area contributed by atoms with E-state index in [9.17, 15) is 4.79 Å². The number of carbonyl (C=O) groups is 1. The summed E-state index contributed by atoms with van der Waals surface area (Å²) < 4.78 is 5.34.